The second kappa shape index (κ2) is 5.90. The number of nitrogen functional groups attached to an aromatic ring is 1. The van der Waals surface area contributed by atoms with Crippen molar-refractivity contribution in [3.63, 3.8) is 0 Å². The summed E-state index contributed by atoms with van der Waals surface area (Å²) in [6.07, 6.45) is 2.53. The second-order valence-electron chi connectivity index (χ2n) is 4.96. The van der Waals surface area contributed by atoms with E-state index in [0.717, 1.165) is 17.8 Å². The van der Waals surface area contributed by atoms with Crippen LogP contribution < -0.4 is 10.5 Å². The van der Waals surface area contributed by atoms with E-state index in [9.17, 15) is 0 Å². The molecule has 0 atom stereocenters. The van der Waals surface area contributed by atoms with E-state index in [2.05, 4.69) is 15.1 Å². The van der Waals surface area contributed by atoms with Gasteiger partial charge >= 0.3 is 0 Å². The molecule has 6 nitrogen and oxygen atoms in total. The van der Waals surface area contributed by atoms with Crippen molar-refractivity contribution in [1.29, 1.82) is 0 Å². The first-order chi connectivity index (χ1) is 9.49. The predicted octanol–water partition coefficient (Wildman–Crippen LogP) is 1.96. The lowest BCUT2D eigenvalue weighted by Gasteiger charge is -2.06. The summed E-state index contributed by atoms with van der Waals surface area (Å²) in [5.74, 6) is 1.84. The standard InChI is InChI=1S/C14H21N5O/c1-5-19-12(7-13(18-19)20-9(2)3)6-11-8-16-10(4)17-14(11)15/h7-9H,5-6H2,1-4H3,(H2,15,16,17). The molecule has 2 aromatic rings. The molecule has 2 aromatic heterocycles. The minimum atomic E-state index is 0.107. The molecule has 108 valence electrons. The Balaban J connectivity index is 2.25. The van der Waals surface area contributed by atoms with Crippen LogP contribution in [0.2, 0.25) is 0 Å². The highest BCUT2D eigenvalue weighted by atomic mass is 16.5. The Morgan fingerprint density at radius 2 is 2.15 bits per heavy atom. The molecule has 0 fully saturated rings. The van der Waals surface area contributed by atoms with Crippen LogP contribution >= 0.6 is 0 Å². The number of nitrogens with two attached hydrogens (primary N) is 1. The maximum Gasteiger partial charge on any atom is 0.233 e. The Labute approximate surface area is 119 Å². The van der Waals surface area contributed by atoms with Crippen LogP contribution in [-0.4, -0.2) is 25.9 Å². The van der Waals surface area contributed by atoms with Gasteiger partial charge in [-0.15, -0.1) is 5.10 Å². The molecular weight excluding hydrogens is 254 g/mol. The van der Waals surface area contributed by atoms with E-state index < -0.39 is 0 Å². The average Bonchev–Trinajstić information content (AvgIpc) is 2.74. The van der Waals surface area contributed by atoms with Crippen LogP contribution in [0.15, 0.2) is 12.3 Å². The zero-order valence-corrected chi connectivity index (χ0v) is 12.4. The molecule has 2 N–H and O–H groups in total. The van der Waals surface area contributed by atoms with Gasteiger partial charge in [0.2, 0.25) is 5.88 Å². The summed E-state index contributed by atoms with van der Waals surface area (Å²) in [5, 5.41) is 4.43. The van der Waals surface area contributed by atoms with Crippen LogP contribution in [0.3, 0.4) is 0 Å². The monoisotopic (exact) mass is 275 g/mol. The van der Waals surface area contributed by atoms with Gasteiger partial charge in [-0.1, -0.05) is 0 Å². The SMILES string of the molecule is CCn1nc(OC(C)C)cc1Cc1cnc(C)nc1N. The molecule has 0 saturated heterocycles. The first kappa shape index (κ1) is 14.3. The van der Waals surface area contributed by atoms with Crippen molar-refractivity contribution in [2.24, 2.45) is 0 Å². The molecule has 0 bridgehead atoms. The van der Waals surface area contributed by atoms with Crippen molar-refractivity contribution in [1.82, 2.24) is 19.7 Å². The van der Waals surface area contributed by atoms with E-state index in [4.69, 9.17) is 10.5 Å². The molecule has 6 heteroatoms. The smallest absolute Gasteiger partial charge is 0.233 e. The number of hydrogen-bond donors (Lipinski definition) is 1. The van der Waals surface area contributed by atoms with E-state index in [0.29, 0.717) is 23.9 Å². The van der Waals surface area contributed by atoms with Gasteiger partial charge in [-0.2, -0.15) is 0 Å². The van der Waals surface area contributed by atoms with Crippen molar-refractivity contribution in [2.45, 2.75) is 46.8 Å². The maximum atomic E-state index is 5.94. The van der Waals surface area contributed by atoms with Crippen LogP contribution in [-0.2, 0) is 13.0 Å². The summed E-state index contributed by atoms with van der Waals surface area (Å²) in [5.41, 5.74) is 7.88. The third kappa shape index (κ3) is 3.26. The van der Waals surface area contributed by atoms with Crippen molar-refractivity contribution >= 4 is 5.82 Å². The highest BCUT2D eigenvalue weighted by Gasteiger charge is 2.12. The van der Waals surface area contributed by atoms with Crippen LogP contribution in [0.1, 0.15) is 37.9 Å². The molecule has 0 aliphatic heterocycles. The van der Waals surface area contributed by atoms with Gasteiger partial charge in [0, 0.05) is 36.5 Å². The quantitative estimate of drug-likeness (QED) is 0.902. The molecule has 0 unspecified atom stereocenters. The second-order valence-corrected chi connectivity index (χ2v) is 4.96. The topological polar surface area (TPSA) is 78.8 Å². The summed E-state index contributed by atoms with van der Waals surface area (Å²) in [6.45, 7) is 8.62. The average molecular weight is 275 g/mol. The van der Waals surface area contributed by atoms with E-state index in [1.54, 1.807) is 6.20 Å². The molecule has 0 spiro atoms. The number of aryl methyl sites for hydroxylation is 2. The third-order valence-corrected chi connectivity index (χ3v) is 2.89. The Kier molecular flexibility index (Phi) is 4.22. The van der Waals surface area contributed by atoms with Gasteiger partial charge in [0.05, 0.1) is 6.10 Å². The van der Waals surface area contributed by atoms with Gasteiger partial charge in [-0.05, 0) is 27.7 Å². The van der Waals surface area contributed by atoms with Crippen molar-refractivity contribution in [3.8, 4) is 5.88 Å². The lowest BCUT2D eigenvalue weighted by molar-refractivity contribution is 0.230. The van der Waals surface area contributed by atoms with Gasteiger partial charge in [0.25, 0.3) is 0 Å². The Morgan fingerprint density at radius 3 is 2.75 bits per heavy atom. The molecule has 2 rings (SSSR count). The zero-order chi connectivity index (χ0) is 14.7. The fourth-order valence-electron chi connectivity index (χ4n) is 1.99. The van der Waals surface area contributed by atoms with Crippen LogP contribution in [0.4, 0.5) is 5.82 Å². The molecular formula is C14H21N5O. The van der Waals surface area contributed by atoms with Crippen molar-refractivity contribution < 1.29 is 4.74 Å². The van der Waals surface area contributed by atoms with Gasteiger partial charge in [0.15, 0.2) is 0 Å². The summed E-state index contributed by atoms with van der Waals surface area (Å²) in [6, 6.07) is 1.95. The summed E-state index contributed by atoms with van der Waals surface area (Å²) >= 11 is 0. The van der Waals surface area contributed by atoms with E-state index in [1.807, 2.05) is 38.4 Å². The molecule has 2 heterocycles. The summed E-state index contributed by atoms with van der Waals surface area (Å²) in [4.78, 5) is 8.38. The molecule has 0 saturated carbocycles. The van der Waals surface area contributed by atoms with Gasteiger partial charge in [-0.3, -0.25) is 4.68 Å². The van der Waals surface area contributed by atoms with E-state index in [-0.39, 0.29) is 6.10 Å². The minimum Gasteiger partial charge on any atom is -0.474 e. The molecule has 0 aliphatic carbocycles. The fraction of sp³-hybridized carbons (Fsp3) is 0.500. The third-order valence-electron chi connectivity index (χ3n) is 2.89. The fourth-order valence-corrected chi connectivity index (χ4v) is 1.99. The van der Waals surface area contributed by atoms with Crippen LogP contribution in [0.25, 0.3) is 0 Å². The highest BCUT2D eigenvalue weighted by Crippen LogP contribution is 2.19. The molecule has 20 heavy (non-hydrogen) atoms. The molecule has 0 amide bonds. The van der Waals surface area contributed by atoms with Crippen molar-refractivity contribution in [3.05, 3.63) is 29.3 Å². The van der Waals surface area contributed by atoms with Gasteiger partial charge in [-0.25, -0.2) is 9.97 Å². The number of aromatic nitrogens is 4. The molecule has 0 radical (unpaired) electrons. The lowest BCUT2D eigenvalue weighted by atomic mass is 10.1. The van der Waals surface area contributed by atoms with Gasteiger partial charge in [0.1, 0.15) is 11.6 Å². The Bertz CT molecular complexity index is 591. The number of hydrogen-bond acceptors (Lipinski definition) is 5. The maximum absolute atomic E-state index is 5.94. The van der Waals surface area contributed by atoms with E-state index >= 15 is 0 Å². The normalized spacial score (nSPS) is 11.1. The van der Waals surface area contributed by atoms with E-state index in [1.165, 1.54) is 0 Å². The van der Waals surface area contributed by atoms with Crippen LogP contribution in [0, 0.1) is 6.92 Å². The number of rotatable bonds is 5. The first-order valence-corrected chi connectivity index (χ1v) is 6.81. The van der Waals surface area contributed by atoms with Gasteiger partial charge < -0.3 is 10.5 Å². The largest absolute Gasteiger partial charge is 0.474 e. The molecule has 0 aliphatic rings. The summed E-state index contributed by atoms with van der Waals surface area (Å²) in [7, 11) is 0. The number of nitrogens with zero attached hydrogens (tertiary/aromatic N) is 4. The first-order valence-electron chi connectivity index (χ1n) is 6.81. The zero-order valence-electron chi connectivity index (χ0n) is 12.4. The lowest BCUT2D eigenvalue weighted by Crippen LogP contribution is -2.08. The summed E-state index contributed by atoms with van der Waals surface area (Å²) < 4.78 is 7.54. The van der Waals surface area contributed by atoms with Crippen molar-refractivity contribution in [2.75, 3.05) is 5.73 Å². The number of anilines is 1. The highest BCUT2D eigenvalue weighted by molar-refractivity contribution is 5.40. The minimum absolute atomic E-state index is 0.107. The number of ether oxygens (including phenoxy) is 1. The van der Waals surface area contributed by atoms with Crippen LogP contribution in [0.5, 0.6) is 5.88 Å². The Morgan fingerprint density at radius 1 is 1.40 bits per heavy atom. The Hall–Kier alpha value is -2.11. The predicted molar refractivity (Wildman–Crippen MR) is 77.7 cm³/mol. The molecule has 0 aromatic carbocycles.